The average Bonchev–Trinajstić information content (AvgIpc) is 2.32. The lowest BCUT2D eigenvalue weighted by molar-refractivity contribution is 0.102. The van der Waals surface area contributed by atoms with E-state index in [1.165, 1.54) is 30.5 Å². The van der Waals surface area contributed by atoms with Crippen LogP contribution in [0.15, 0.2) is 30.5 Å². The van der Waals surface area contributed by atoms with Crippen LogP contribution in [0.5, 0.6) is 5.75 Å². The molecule has 0 aliphatic carbocycles. The second kappa shape index (κ2) is 4.89. The summed E-state index contributed by atoms with van der Waals surface area (Å²) in [6.45, 7) is 0. The number of rotatable bonds is 2. The van der Waals surface area contributed by atoms with E-state index in [-0.39, 0.29) is 28.1 Å². The molecule has 7 heteroatoms. The Morgan fingerprint density at radius 2 is 2.17 bits per heavy atom. The highest BCUT2D eigenvalue weighted by molar-refractivity contribution is 6.29. The van der Waals surface area contributed by atoms with Gasteiger partial charge in [-0.25, -0.2) is 9.97 Å². The smallest absolute Gasteiger partial charge is 0.258 e. The van der Waals surface area contributed by atoms with E-state index in [4.69, 9.17) is 17.3 Å². The highest BCUT2D eigenvalue weighted by Crippen LogP contribution is 2.21. The van der Waals surface area contributed by atoms with E-state index in [0.717, 1.165) is 0 Å². The molecule has 0 radical (unpaired) electrons. The number of carbonyl (C=O) groups excluding carboxylic acids is 1. The third-order valence-corrected chi connectivity index (χ3v) is 2.35. The lowest BCUT2D eigenvalue weighted by Gasteiger charge is -2.05. The van der Waals surface area contributed by atoms with Crippen LogP contribution >= 0.6 is 11.6 Å². The SMILES string of the molecule is Nc1ccc(C(=O)Nc2nccc(Cl)n2)cc1O. The molecule has 0 saturated heterocycles. The fourth-order valence-corrected chi connectivity index (χ4v) is 1.39. The van der Waals surface area contributed by atoms with Gasteiger partial charge in [-0.05, 0) is 24.3 Å². The highest BCUT2D eigenvalue weighted by Gasteiger charge is 2.09. The first-order chi connectivity index (χ1) is 8.56. The van der Waals surface area contributed by atoms with Gasteiger partial charge in [0, 0.05) is 11.8 Å². The number of hydrogen-bond acceptors (Lipinski definition) is 5. The Balaban J connectivity index is 2.19. The van der Waals surface area contributed by atoms with Crippen LogP contribution in [0.4, 0.5) is 11.6 Å². The topological polar surface area (TPSA) is 101 Å². The van der Waals surface area contributed by atoms with Crippen molar-refractivity contribution in [2.75, 3.05) is 11.1 Å². The Morgan fingerprint density at radius 3 is 2.83 bits per heavy atom. The number of nitrogens with two attached hydrogens (primary N) is 1. The van der Waals surface area contributed by atoms with Gasteiger partial charge < -0.3 is 10.8 Å². The van der Waals surface area contributed by atoms with E-state index >= 15 is 0 Å². The first kappa shape index (κ1) is 12.1. The van der Waals surface area contributed by atoms with Gasteiger partial charge in [-0.2, -0.15) is 0 Å². The minimum absolute atomic E-state index is 0.0869. The van der Waals surface area contributed by atoms with Gasteiger partial charge in [0.25, 0.3) is 5.91 Å². The largest absolute Gasteiger partial charge is 0.506 e. The molecule has 18 heavy (non-hydrogen) atoms. The molecule has 1 heterocycles. The number of amides is 1. The number of hydrogen-bond donors (Lipinski definition) is 3. The van der Waals surface area contributed by atoms with Crippen LogP contribution < -0.4 is 11.1 Å². The van der Waals surface area contributed by atoms with Crippen LogP contribution in [0.3, 0.4) is 0 Å². The van der Waals surface area contributed by atoms with E-state index in [9.17, 15) is 9.90 Å². The maximum absolute atomic E-state index is 11.8. The number of aromatic hydroxyl groups is 1. The van der Waals surface area contributed by atoms with Crippen LogP contribution in [0.1, 0.15) is 10.4 Å². The summed E-state index contributed by atoms with van der Waals surface area (Å²) < 4.78 is 0. The van der Waals surface area contributed by atoms with Gasteiger partial charge in [0.1, 0.15) is 10.9 Å². The molecule has 92 valence electrons. The molecule has 2 rings (SSSR count). The fraction of sp³-hybridized carbons (Fsp3) is 0. The van der Waals surface area contributed by atoms with Crippen LogP contribution in [0, 0.1) is 0 Å². The van der Waals surface area contributed by atoms with Crippen molar-refractivity contribution in [3.63, 3.8) is 0 Å². The van der Waals surface area contributed by atoms with Crippen molar-refractivity contribution in [1.29, 1.82) is 0 Å². The molecule has 1 aromatic carbocycles. The Hall–Kier alpha value is -2.34. The first-order valence-corrected chi connectivity index (χ1v) is 5.32. The molecular formula is C11H9ClN4O2. The number of phenolic OH excluding ortho intramolecular Hbond substituents is 1. The second-order valence-corrected chi connectivity index (χ2v) is 3.82. The standard InChI is InChI=1S/C11H9ClN4O2/c12-9-3-4-14-11(15-9)16-10(18)6-1-2-7(13)8(17)5-6/h1-5,17H,13H2,(H,14,15,16,18). The van der Waals surface area contributed by atoms with Crippen molar-refractivity contribution >= 4 is 29.1 Å². The maximum Gasteiger partial charge on any atom is 0.258 e. The van der Waals surface area contributed by atoms with Gasteiger partial charge in [0.15, 0.2) is 0 Å². The lowest BCUT2D eigenvalue weighted by atomic mass is 10.2. The molecule has 0 aliphatic heterocycles. The van der Waals surface area contributed by atoms with Crippen molar-refractivity contribution in [3.8, 4) is 5.75 Å². The molecule has 6 nitrogen and oxygen atoms in total. The van der Waals surface area contributed by atoms with E-state index in [2.05, 4.69) is 15.3 Å². The third-order valence-electron chi connectivity index (χ3n) is 2.14. The molecule has 4 N–H and O–H groups in total. The molecule has 0 aliphatic rings. The Labute approximate surface area is 107 Å². The highest BCUT2D eigenvalue weighted by atomic mass is 35.5. The fourth-order valence-electron chi connectivity index (χ4n) is 1.26. The molecule has 0 atom stereocenters. The molecule has 0 bridgehead atoms. The minimum Gasteiger partial charge on any atom is -0.506 e. The summed E-state index contributed by atoms with van der Waals surface area (Å²) in [5.74, 6) is -0.536. The number of benzene rings is 1. The Kier molecular flexibility index (Phi) is 3.29. The van der Waals surface area contributed by atoms with Gasteiger partial charge in [-0.15, -0.1) is 0 Å². The van der Waals surface area contributed by atoms with Gasteiger partial charge in [0.05, 0.1) is 5.69 Å². The van der Waals surface area contributed by atoms with Gasteiger partial charge in [-0.1, -0.05) is 11.6 Å². The Bertz CT molecular complexity index is 603. The predicted octanol–water partition coefficient (Wildman–Crippen LogP) is 1.67. The van der Waals surface area contributed by atoms with Crippen LogP contribution in [0.2, 0.25) is 5.15 Å². The lowest BCUT2D eigenvalue weighted by Crippen LogP contribution is -2.14. The third kappa shape index (κ3) is 2.67. The zero-order valence-corrected chi connectivity index (χ0v) is 9.85. The predicted molar refractivity (Wildman–Crippen MR) is 67.5 cm³/mol. The number of halogens is 1. The number of anilines is 2. The zero-order valence-electron chi connectivity index (χ0n) is 9.09. The quantitative estimate of drug-likeness (QED) is 0.435. The summed E-state index contributed by atoms with van der Waals surface area (Å²) in [5.41, 5.74) is 5.88. The molecule has 0 spiro atoms. The van der Waals surface area contributed by atoms with Crippen molar-refractivity contribution < 1.29 is 9.90 Å². The summed E-state index contributed by atoms with van der Waals surface area (Å²) in [4.78, 5) is 19.4. The van der Waals surface area contributed by atoms with E-state index in [1.807, 2.05) is 0 Å². The van der Waals surface area contributed by atoms with Crippen molar-refractivity contribution in [2.24, 2.45) is 0 Å². The van der Waals surface area contributed by atoms with Crippen LogP contribution in [-0.2, 0) is 0 Å². The van der Waals surface area contributed by atoms with Gasteiger partial charge in [0.2, 0.25) is 5.95 Å². The first-order valence-electron chi connectivity index (χ1n) is 4.94. The van der Waals surface area contributed by atoms with Gasteiger partial charge in [-0.3, -0.25) is 10.1 Å². The number of nitrogens with zero attached hydrogens (tertiary/aromatic N) is 2. The molecular weight excluding hydrogens is 256 g/mol. The monoisotopic (exact) mass is 264 g/mol. The van der Waals surface area contributed by atoms with E-state index in [1.54, 1.807) is 0 Å². The van der Waals surface area contributed by atoms with Crippen molar-refractivity contribution in [2.45, 2.75) is 0 Å². The van der Waals surface area contributed by atoms with Crippen molar-refractivity contribution in [3.05, 3.63) is 41.2 Å². The molecule has 0 fully saturated rings. The van der Waals surface area contributed by atoms with Crippen LogP contribution in [-0.4, -0.2) is 21.0 Å². The number of nitrogens with one attached hydrogen (secondary N) is 1. The summed E-state index contributed by atoms with van der Waals surface area (Å²) in [6.07, 6.45) is 1.42. The molecule has 0 saturated carbocycles. The summed E-state index contributed by atoms with van der Waals surface area (Å²) in [7, 11) is 0. The number of nitrogen functional groups attached to an aromatic ring is 1. The average molecular weight is 265 g/mol. The molecule has 0 unspecified atom stereocenters. The van der Waals surface area contributed by atoms with Crippen LogP contribution in [0.25, 0.3) is 0 Å². The number of carbonyl (C=O) groups is 1. The normalized spacial score (nSPS) is 10.1. The minimum atomic E-state index is -0.465. The molecule has 1 aromatic heterocycles. The number of phenols is 1. The summed E-state index contributed by atoms with van der Waals surface area (Å²) in [5, 5.41) is 12.1. The summed E-state index contributed by atoms with van der Waals surface area (Å²) >= 11 is 5.66. The van der Waals surface area contributed by atoms with Gasteiger partial charge >= 0.3 is 0 Å². The number of aromatic nitrogens is 2. The molecule has 1 amide bonds. The van der Waals surface area contributed by atoms with E-state index < -0.39 is 5.91 Å². The summed E-state index contributed by atoms with van der Waals surface area (Å²) in [6, 6.07) is 5.67. The Morgan fingerprint density at radius 1 is 1.39 bits per heavy atom. The zero-order chi connectivity index (χ0) is 13.1. The molecule has 2 aromatic rings. The second-order valence-electron chi connectivity index (χ2n) is 3.43. The van der Waals surface area contributed by atoms with E-state index in [0.29, 0.717) is 0 Å². The van der Waals surface area contributed by atoms with Crippen molar-refractivity contribution in [1.82, 2.24) is 9.97 Å². The maximum atomic E-state index is 11.8.